The second kappa shape index (κ2) is 5.85. The Kier molecular flexibility index (Phi) is 4.18. The van der Waals surface area contributed by atoms with E-state index in [0.717, 1.165) is 5.92 Å². The quantitative estimate of drug-likeness (QED) is 0.634. The first-order chi connectivity index (χ1) is 8.66. The largest absolute Gasteiger partial charge is 0.491 e. The second-order valence-electron chi connectivity index (χ2n) is 5.23. The van der Waals surface area contributed by atoms with Crippen molar-refractivity contribution in [3.05, 3.63) is 24.0 Å². The van der Waals surface area contributed by atoms with Crippen molar-refractivity contribution in [1.29, 1.82) is 5.41 Å². The number of nitrogens with one attached hydrogen (secondary N) is 1. The standard InChI is InChI=1S/C14H21N3O/c1-10-3-2-4-11(7-10)9-18-13-8-17-6-5-12(13)14(15)16/h5-6,8,10-11H,2-4,7,9H2,1H3,(H3,15,16). The molecule has 3 N–H and O–H groups in total. The molecular weight excluding hydrogens is 226 g/mol. The first-order valence-corrected chi connectivity index (χ1v) is 6.58. The highest BCUT2D eigenvalue weighted by Crippen LogP contribution is 2.29. The van der Waals surface area contributed by atoms with Gasteiger partial charge in [-0.3, -0.25) is 10.4 Å². The van der Waals surface area contributed by atoms with Crippen LogP contribution in [0.25, 0.3) is 0 Å². The van der Waals surface area contributed by atoms with Crippen molar-refractivity contribution < 1.29 is 4.74 Å². The Balaban J connectivity index is 1.95. The summed E-state index contributed by atoms with van der Waals surface area (Å²) in [7, 11) is 0. The number of rotatable bonds is 4. The Bertz CT molecular complexity index is 419. The zero-order valence-corrected chi connectivity index (χ0v) is 10.9. The summed E-state index contributed by atoms with van der Waals surface area (Å²) in [4.78, 5) is 4.03. The van der Waals surface area contributed by atoms with Crippen LogP contribution in [0.15, 0.2) is 18.5 Å². The maximum atomic E-state index is 7.50. The van der Waals surface area contributed by atoms with Crippen LogP contribution < -0.4 is 10.5 Å². The summed E-state index contributed by atoms with van der Waals surface area (Å²) in [6.45, 7) is 3.01. The van der Waals surface area contributed by atoms with Crippen molar-refractivity contribution in [2.45, 2.75) is 32.6 Å². The number of nitrogen functional groups attached to an aromatic ring is 1. The summed E-state index contributed by atoms with van der Waals surface area (Å²) in [6.07, 6.45) is 8.37. The summed E-state index contributed by atoms with van der Waals surface area (Å²) >= 11 is 0. The van der Waals surface area contributed by atoms with E-state index in [1.807, 2.05) is 0 Å². The summed E-state index contributed by atoms with van der Waals surface area (Å²) in [5, 5.41) is 7.50. The number of aromatic nitrogens is 1. The molecule has 2 unspecified atom stereocenters. The third-order valence-electron chi connectivity index (χ3n) is 3.59. The molecule has 2 atom stereocenters. The Morgan fingerprint density at radius 1 is 1.56 bits per heavy atom. The van der Waals surface area contributed by atoms with Gasteiger partial charge in [0.15, 0.2) is 0 Å². The molecule has 1 fully saturated rings. The fourth-order valence-electron chi connectivity index (χ4n) is 2.64. The molecule has 18 heavy (non-hydrogen) atoms. The van der Waals surface area contributed by atoms with Gasteiger partial charge in [0.25, 0.3) is 0 Å². The molecule has 0 amide bonds. The molecule has 1 aliphatic rings. The van der Waals surface area contributed by atoms with E-state index in [2.05, 4.69) is 11.9 Å². The lowest BCUT2D eigenvalue weighted by molar-refractivity contribution is 0.181. The summed E-state index contributed by atoms with van der Waals surface area (Å²) < 4.78 is 5.80. The Hall–Kier alpha value is -1.58. The zero-order chi connectivity index (χ0) is 13.0. The summed E-state index contributed by atoms with van der Waals surface area (Å²) in [5.74, 6) is 2.08. The molecule has 0 saturated heterocycles. The molecule has 4 heteroatoms. The van der Waals surface area contributed by atoms with E-state index in [9.17, 15) is 0 Å². The minimum atomic E-state index is 0.0319. The Morgan fingerprint density at radius 3 is 3.11 bits per heavy atom. The van der Waals surface area contributed by atoms with Crippen molar-refractivity contribution in [3.8, 4) is 5.75 Å². The molecule has 1 aromatic heterocycles. The molecule has 2 rings (SSSR count). The van der Waals surface area contributed by atoms with E-state index < -0.39 is 0 Å². The van der Waals surface area contributed by atoms with E-state index in [-0.39, 0.29) is 5.84 Å². The highest BCUT2D eigenvalue weighted by atomic mass is 16.5. The minimum Gasteiger partial charge on any atom is -0.491 e. The summed E-state index contributed by atoms with van der Waals surface area (Å²) in [6, 6.07) is 1.72. The smallest absolute Gasteiger partial charge is 0.148 e. The number of amidine groups is 1. The van der Waals surface area contributed by atoms with Gasteiger partial charge in [0.2, 0.25) is 0 Å². The number of hydrogen-bond donors (Lipinski definition) is 2. The lowest BCUT2D eigenvalue weighted by atomic mass is 9.83. The van der Waals surface area contributed by atoms with Gasteiger partial charge in [-0.25, -0.2) is 0 Å². The van der Waals surface area contributed by atoms with Gasteiger partial charge in [-0.2, -0.15) is 0 Å². The molecule has 1 saturated carbocycles. The Morgan fingerprint density at radius 2 is 2.39 bits per heavy atom. The molecular formula is C14H21N3O. The third-order valence-corrected chi connectivity index (χ3v) is 3.59. The maximum absolute atomic E-state index is 7.50. The molecule has 0 radical (unpaired) electrons. The van der Waals surface area contributed by atoms with Gasteiger partial charge in [-0.15, -0.1) is 0 Å². The predicted molar refractivity (Wildman–Crippen MR) is 71.9 cm³/mol. The number of pyridine rings is 1. The number of nitrogens with two attached hydrogens (primary N) is 1. The minimum absolute atomic E-state index is 0.0319. The van der Waals surface area contributed by atoms with Crippen LogP contribution in [0.3, 0.4) is 0 Å². The van der Waals surface area contributed by atoms with Gasteiger partial charge in [-0.1, -0.05) is 19.8 Å². The van der Waals surface area contributed by atoms with E-state index in [4.69, 9.17) is 15.9 Å². The van der Waals surface area contributed by atoms with Crippen LogP contribution in [0.4, 0.5) is 0 Å². The lowest BCUT2D eigenvalue weighted by Gasteiger charge is -2.26. The van der Waals surface area contributed by atoms with Gasteiger partial charge in [0.05, 0.1) is 18.4 Å². The Labute approximate surface area is 108 Å². The van der Waals surface area contributed by atoms with Crippen LogP contribution in [-0.2, 0) is 0 Å². The molecule has 0 bridgehead atoms. The fourth-order valence-corrected chi connectivity index (χ4v) is 2.64. The molecule has 1 heterocycles. The van der Waals surface area contributed by atoms with Crippen LogP contribution >= 0.6 is 0 Å². The van der Waals surface area contributed by atoms with Crippen molar-refractivity contribution in [2.75, 3.05) is 6.61 Å². The van der Waals surface area contributed by atoms with E-state index in [1.165, 1.54) is 25.7 Å². The molecule has 98 valence electrons. The van der Waals surface area contributed by atoms with Crippen LogP contribution in [-0.4, -0.2) is 17.4 Å². The molecule has 1 aliphatic carbocycles. The molecule has 1 aromatic rings. The first kappa shape index (κ1) is 12.9. The SMILES string of the molecule is CC1CCCC(COc2cnccc2C(=N)N)C1. The normalized spacial score (nSPS) is 23.6. The fraction of sp³-hybridized carbons (Fsp3) is 0.571. The van der Waals surface area contributed by atoms with Gasteiger partial charge in [0, 0.05) is 6.20 Å². The van der Waals surface area contributed by atoms with Crippen molar-refractivity contribution in [2.24, 2.45) is 17.6 Å². The van der Waals surface area contributed by atoms with Gasteiger partial charge >= 0.3 is 0 Å². The number of hydrogen-bond acceptors (Lipinski definition) is 3. The monoisotopic (exact) mass is 247 g/mol. The van der Waals surface area contributed by atoms with Crippen molar-refractivity contribution in [1.82, 2.24) is 4.98 Å². The maximum Gasteiger partial charge on any atom is 0.148 e. The van der Waals surface area contributed by atoms with E-state index in [0.29, 0.717) is 23.8 Å². The van der Waals surface area contributed by atoms with Gasteiger partial charge in [-0.05, 0) is 30.7 Å². The molecule has 0 spiro atoms. The number of ether oxygens (including phenoxy) is 1. The van der Waals surface area contributed by atoms with Gasteiger partial charge in [0.1, 0.15) is 11.6 Å². The van der Waals surface area contributed by atoms with E-state index in [1.54, 1.807) is 18.5 Å². The van der Waals surface area contributed by atoms with Crippen LogP contribution in [0.2, 0.25) is 0 Å². The van der Waals surface area contributed by atoms with Crippen LogP contribution in [0.5, 0.6) is 5.75 Å². The zero-order valence-electron chi connectivity index (χ0n) is 10.9. The average molecular weight is 247 g/mol. The van der Waals surface area contributed by atoms with Crippen LogP contribution in [0, 0.1) is 17.2 Å². The molecule has 0 aromatic carbocycles. The predicted octanol–water partition coefficient (Wildman–Crippen LogP) is 2.57. The van der Waals surface area contributed by atoms with Gasteiger partial charge < -0.3 is 10.5 Å². The van der Waals surface area contributed by atoms with Crippen molar-refractivity contribution in [3.63, 3.8) is 0 Å². The lowest BCUT2D eigenvalue weighted by Crippen LogP contribution is -2.21. The van der Waals surface area contributed by atoms with E-state index >= 15 is 0 Å². The second-order valence-corrected chi connectivity index (χ2v) is 5.23. The molecule has 4 nitrogen and oxygen atoms in total. The van der Waals surface area contributed by atoms with Crippen LogP contribution in [0.1, 0.15) is 38.2 Å². The van der Waals surface area contributed by atoms with Crippen molar-refractivity contribution >= 4 is 5.84 Å². The summed E-state index contributed by atoms with van der Waals surface area (Å²) in [5.41, 5.74) is 6.15. The highest BCUT2D eigenvalue weighted by Gasteiger charge is 2.19. The first-order valence-electron chi connectivity index (χ1n) is 6.58. The average Bonchev–Trinajstić information content (AvgIpc) is 2.37. The molecule has 0 aliphatic heterocycles. The topological polar surface area (TPSA) is 72.0 Å². The number of nitrogens with zero attached hydrogens (tertiary/aromatic N) is 1. The highest BCUT2D eigenvalue weighted by molar-refractivity contribution is 5.97. The third kappa shape index (κ3) is 3.22.